The summed E-state index contributed by atoms with van der Waals surface area (Å²) in [5, 5.41) is 4.13. The van der Waals surface area contributed by atoms with Crippen LogP contribution < -0.4 is 0 Å². The van der Waals surface area contributed by atoms with Gasteiger partial charge in [0.05, 0.1) is 11.3 Å². The van der Waals surface area contributed by atoms with E-state index in [1.807, 2.05) is 20.2 Å². The first-order valence-electron chi connectivity index (χ1n) is 4.17. The van der Waals surface area contributed by atoms with Gasteiger partial charge in [0.25, 0.3) is 0 Å². The van der Waals surface area contributed by atoms with Gasteiger partial charge in [0.2, 0.25) is 0 Å². The Bertz CT molecular complexity index is 307. The summed E-state index contributed by atoms with van der Waals surface area (Å²) in [6, 6.07) is 0. The van der Waals surface area contributed by atoms with Crippen molar-refractivity contribution in [1.29, 1.82) is 0 Å². The van der Waals surface area contributed by atoms with E-state index in [0.29, 0.717) is 6.42 Å². The molecule has 0 spiro atoms. The van der Waals surface area contributed by atoms with Gasteiger partial charge >= 0.3 is 0 Å². The minimum Gasteiger partial charge on any atom is -0.294 e. The van der Waals surface area contributed by atoms with E-state index in [9.17, 15) is 4.79 Å². The number of Topliss-reactive ketones (excluding diaryl/α,β-unsaturated/α-hetero) is 1. The van der Waals surface area contributed by atoms with Gasteiger partial charge in [0.15, 0.2) is 5.78 Å². The van der Waals surface area contributed by atoms with Crippen LogP contribution in [0.15, 0.2) is 6.20 Å². The highest BCUT2D eigenvalue weighted by molar-refractivity contribution is 7.98. The number of thioether (sulfide) groups is 1. The number of aryl methyl sites for hydroxylation is 2. The molecule has 1 aromatic heterocycles. The first kappa shape index (κ1) is 10.3. The molecule has 0 radical (unpaired) electrons. The van der Waals surface area contributed by atoms with E-state index in [-0.39, 0.29) is 5.78 Å². The third-order valence-electron chi connectivity index (χ3n) is 1.85. The smallest absolute Gasteiger partial charge is 0.167 e. The molecule has 0 fully saturated rings. The molecule has 0 saturated carbocycles. The minimum atomic E-state index is 0.194. The quantitative estimate of drug-likeness (QED) is 0.690. The second-order valence-corrected chi connectivity index (χ2v) is 3.95. The molecule has 4 heteroatoms. The van der Waals surface area contributed by atoms with Crippen LogP contribution in [0.25, 0.3) is 0 Å². The van der Waals surface area contributed by atoms with Crippen LogP contribution in [0, 0.1) is 6.92 Å². The highest BCUT2D eigenvalue weighted by Gasteiger charge is 2.11. The van der Waals surface area contributed by atoms with Crippen molar-refractivity contribution >= 4 is 17.5 Å². The molecule has 0 aliphatic carbocycles. The second kappa shape index (κ2) is 4.46. The van der Waals surface area contributed by atoms with Gasteiger partial charge in [-0.2, -0.15) is 16.9 Å². The average molecular weight is 198 g/mol. The van der Waals surface area contributed by atoms with Crippen molar-refractivity contribution in [3.8, 4) is 0 Å². The molecule has 1 rings (SSSR count). The summed E-state index contributed by atoms with van der Waals surface area (Å²) in [6.07, 6.45) is 4.40. The number of rotatable bonds is 4. The number of hydrogen-bond acceptors (Lipinski definition) is 3. The molecule has 3 nitrogen and oxygen atoms in total. The number of nitrogens with zero attached hydrogens (tertiary/aromatic N) is 2. The van der Waals surface area contributed by atoms with E-state index in [2.05, 4.69) is 5.10 Å². The molecule has 0 unspecified atom stereocenters. The second-order valence-electron chi connectivity index (χ2n) is 2.97. The van der Waals surface area contributed by atoms with Gasteiger partial charge in [-0.15, -0.1) is 0 Å². The van der Waals surface area contributed by atoms with Crippen LogP contribution in [0.4, 0.5) is 0 Å². The number of carbonyl (C=O) groups is 1. The summed E-state index contributed by atoms with van der Waals surface area (Å²) in [7, 11) is 1.83. The van der Waals surface area contributed by atoms with Gasteiger partial charge in [-0.25, -0.2) is 0 Å². The lowest BCUT2D eigenvalue weighted by Crippen LogP contribution is -2.00. The molecule has 0 aromatic carbocycles. The van der Waals surface area contributed by atoms with Gasteiger partial charge in [0, 0.05) is 25.4 Å². The number of carbonyl (C=O) groups excluding carboxylic acids is 1. The topological polar surface area (TPSA) is 34.9 Å². The summed E-state index contributed by atoms with van der Waals surface area (Å²) in [6.45, 7) is 1.87. The summed E-state index contributed by atoms with van der Waals surface area (Å²) >= 11 is 1.69. The van der Waals surface area contributed by atoms with Crippen LogP contribution in [0.2, 0.25) is 0 Å². The third kappa shape index (κ3) is 2.59. The lowest BCUT2D eigenvalue weighted by atomic mass is 10.1. The molecule has 0 N–H and O–H groups in total. The first-order valence-corrected chi connectivity index (χ1v) is 5.57. The summed E-state index contributed by atoms with van der Waals surface area (Å²) in [4.78, 5) is 11.6. The van der Waals surface area contributed by atoms with Gasteiger partial charge < -0.3 is 0 Å². The molecule has 1 aromatic rings. The predicted molar refractivity (Wildman–Crippen MR) is 55.3 cm³/mol. The summed E-state index contributed by atoms with van der Waals surface area (Å²) in [5.74, 6) is 1.08. The van der Waals surface area contributed by atoms with Crippen molar-refractivity contribution in [2.45, 2.75) is 13.3 Å². The van der Waals surface area contributed by atoms with Gasteiger partial charge in [-0.1, -0.05) is 0 Å². The van der Waals surface area contributed by atoms with Crippen LogP contribution in [-0.4, -0.2) is 27.6 Å². The maximum Gasteiger partial charge on any atom is 0.167 e. The van der Waals surface area contributed by atoms with Gasteiger partial charge in [-0.3, -0.25) is 9.48 Å². The summed E-state index contributed by atoms with van der Waals surface area (Å²) < 4.78 is 1.68. The Kier molecular flexibility index (Phi) is 3.54. The molecule has 0 bridgehead atoms. The Morgan fingerprint density at radius 1 is 1.69 bits per heavy atom. The Morgan fingerprint density at radius 3 is 2.85 bits per heavy atom. The molecule has 0 aliphatic heterocycles. The molecule has 0 aliphatic rings. The van der Waals surface area contributed by atoms with Crippen molar-refractivity contribution in [3.63, 3.8) is 0 Å². The van der Waals surface area contributed by atoms with Crippen LogP contribution in [0.3, 0.4) is 0 Å². The molecular weight excluding hydrogens is 184 g/mol. The van der Waals surface area contributed by atoms with Crippen LogP contribution >= 0.6 is 11.8 Å². The van der Waals surface area contributed by atoms with E-state index >= 15 is 0 Å². The van der Waals surface area contributed by atoms with E-state index in [0.717, 1.165) is 17.0 Å². The number of hydrogen-bond donors (Lipinski definition) is 0. The van der Waals surface area contributed by atoms with Crippen molar-refractivity contribution in [2.24, 2.45) is 7.05 Å². The Morgan fingerprint density at radius 2 is 2.38 bits per heavy atom. The molecular formula is C9H14N2OS. The average Bonchev–Trinajstić information content (AvgIpc) is 2.41. The molecule has 0 atom stereocenters. The normalized spacial score (nSPS) is 10.4. The van der Waals surface area contributed by atoms with Crippen molar-refractivity contribution in [3.05, 3.63) is 17.5 Å². The Hall–Kier alpha value is -0.770. The highest BCUT2D eigenvalue weighted by atomic mass is 32.2. The molecule has 72 valence electrons. The fourth-order valence-corrected chi connectivity index (χ4v) is 1.59. The van der Waals surface area contributed by atoms with E-state index < -0.39 is 0 Å². The van der Waals surface area contributed by atoms with Crippen molar-refractivity contribution in [1.82, 2.24) is 9.78 Å². The molecule has 0 amide bonds. The Labute approximate surface area is 82.5 Å². The lowest BCUT2D eigenvalue weighted by molar-refractivity contribution is 0.0989. The zero-order valence-corrected chi connectivity index (χ0v) is 9.02. The zero-order chi connectivity index (χ0) is 9.84. The molecule has 13 heavy (non-hydrogen) atoms. The fraction of sp³-hybridized carbons (Fsp3) is 0.556. The molecule has 1 heterocycles. The number of ketones is 1. The van der Waals surface area contributed by atoms with E-state index in [1.54, 1.807) is 22.6 Å². The highest BCUT2D eigenvalue weighted by Crippen LogP contribution is 2.09. The van der Waals surface area contributed by atoms with Crippen molar-refractivity contribution in [2.75, 3.05) is 12.0 Å². The van der Waals surface area contributed by atoms with Crippen LogP contribution in [0.5, 0.6) is 0 Å². The SMILES string of the molecule is CSCCC(=O)c1cn(C)nc1C. The number of aromatic nitrogens is 2. The maximum absolute atomic E-state index is 11.6. The van der Waals surface area contributed by atoms with Crippen LogP contribution in [0.1, 0.15) is 22.5 Å². The third-order valence-corrected chi connectivity index (χ3v) is 2.46. The first-order chi connectivity index (χ1) is 6.15. The largest absolute Gasteiger partial charge is 0.294 e. The lowest BCUT2D eigenvalue weighted by Gasteiger charge is -1.95. The van der Waals surface area contributed by atoms with Crippen LogP contribution in [-0.2, 0) is 7.05 Å². The zero-order valence-electron chi connectivity index (χ0n) is 8.20. The fourth-order valence-electron chi connectivity index (χ4n) is 1.20. The predicted octanol–water partition coefficient (Wildman–Crippen LogP) is 1.66. The minimum absolute atomic E-state index is 0.194. The molecule has 0 saturated heterocycles. The van der Waals surface area contributed by atoms with Gasteiger partial charge in [-0.05, 0) is 13.2 Å². The standard InChI is InChI=1S/C9H14N2OS/c1-7-8(6-11(2)10-7)9(12)4-5-13-3/h6H,4-5H2,1-3H3. The Balaban J connectivity index is 2.70. The summed E-state index contributed by atoms with van der Waals surface area (Å²) in [5.41, 5.74) is 1.59. The van der Waals surface area contributed by atoms with E-state index in [1.165, 1.54) is 0 Å². The van der Waals surface area contributed by atoms with Gasteiger partial charge in [0.1, 0.15) is 0 Å². The van der Waals surface area contributed by atoms with Crippen molar-refractivity contribution < 1.29 is 4.79 Å². The maximum atomic E-state index is 11.6. The monoisotopic (exact) mass is 198 g/mol. The van der Waals surface area contributed by atoms with E-state index in [4.69, 9.17) is 0 Å².